The van der Waals surface area contributed by atoms with Crippen LogP contribution >= 0.6 is 0 Å². The number of amides is 2. The van der Waals surface area contributed by atoms with Gasteiger partial charge in [-0.2, -0.15) is 8.42 Å². The fraction of sp³-hybridized carbons (Fsp3) is 0.475. The highest BCUT2D eigenvalue weighted by Crippen LogP contribution is 2.47. The molecule has 4 aromatic carbocycles. The van der Waals surface area contributed by atoms with E-state index in [0.29, 0.717) is 42.6 Å². The van der Waals surface area contributed by atoms with E-state index in [9.17, 15) is 27.6 Å². The molecule has 1 N–H and O–H groups in total. The summed E-state index contributed by atoms with van der Waals surface area (Å²) in [6.45, 7) is 12.7. The number of aromatic nitrogens is 2. The molecule has 2 aliphatic carbocycles. The molecule has 0 bridgehead atoms. The molecule has 0 spiro atoms. The van der Waals surface area contributed by atoms with Gasteiger partial charge in [-0.25, -0.2) is 19.2 Å². The van der Waals surface area contributed by atoms with Crippen molar-refractivity contribution in [2.45, 2.75) is 148 Å². The van der Waals surface area contributed by atoms with Crippen LogP contribution in [-0.4, -0.2) is 103 Å². The molecular weight excluding hydrogens is 997 g/mol. The lowest BCUT2D eigenvalue weighted by molar-refractivity contribution is 0.0206. The highest BCUT2D eigenvalue weighted by molar-refractivity contribution is 7.86. The first-order valence-corrected chi connectivity index (χ1v) is 28.9. The summed E-state index contributed by atoms with van der Waals surface area (Å²) in [5.41, 5.74) is 10.5. The fourth-order valence-corrected chi connectivity index (χ4v) is 11.7. The SMILES string of the molecule is COC(=O)c1ccc2c(C3CCCCC3)c(-c3ccccc3CN(CCOS(C)(=O)=O)C(=O)OC(C)(C)C)[nH]c2c1.COC(=O)c1ccc2c(C3CCCCC3)c3n(c2c1)CCN(C(=O)OC(C)(C)C)Cc1ccccc1-3. The maximum Gasteiger partial charge on any atom is 0.410 e. The van der Waals surface area contributed by atoms with Gasteiger partial charge in [0, 0.05) is 65.7 Å². The molecule has 0 radical (unpaired) electrons. The summed E-state index contributed by atoms with van der Waals surface area (Å²) in [5.74, 6) is 0.103. The number of rotatable bonds is 11. The standard InChI is InChI=1S/C31H40N2O7S.C30H36N2O4/c1-31(2,3)40-30(35)33(17-18-39-41(5,36)37)20-23-13-9-10-14-24(23)28-27(21-11-7-6-8-12-21)25-16-15-22(29(34)38-4)19-26(25)32-28;1-30(2,3)36-29(34)31-16-17-32-25-18-21(28(33)35-4)14-15-24(25)26(20-10-6-5-7-11-20)27(32)23-13-9-8-12-22(23)19-31/h9-10,13-16,19,21,32H,6-8,11-12,17-18,20H2,1-5H3;8-9,12-15,18,20H,5-7,10-11,16-17,19H2,1-4H3. The number of H-pyrrole nitrogens is 1. The zero-order valence-electron chi connectivity index (χ0n) is 46.3. The van der Waals surface area contributed by atoms with Gasteiger partial charge in [-0.05, 0) is 126 Å². The molecule has 412 valence electrons. The molecule has 15 nitrogen and oxygen atoms in total. The van der Waals surface area contributed by atoms with E-state index in [0.717, 1.165) is 76.3 Å². The Hall–Kier alpha value is -6.65. The van der Waals surface area contributed by atoms with Crippen molar-refractivity contribution in [1.29, 1.82) is 0 Å². The van der Waals surface area contributed by atoms with Gasteiger partial charge in [-0.3, -0.25) is 4.18 Å². The Kier molecular flexibility index (Phi) is 17.6. The van der Waals surface area contributed by atoms with Crippen molar-refractivity contribution in [1.82, 2.24) is 19.4 Å². The van der Waals surface area contributed by atoms with E-state index in [4.69, 9.17) is 23.1 Å². The van der Waals surface area contributed by atoms with E-state index >= 15 is 0 Å². The molecule has 2 fully saturated rings. The minimum Gasteiger partial charge on any atom is -0.465 e. The number of aromatic amines is 1. The summed E-state index contributed by atoms with van der Waals surface area (Å²) >= 11 is 0. The zero-order valence-corrected chi connectivity index (χ0v) is 47.1. The number of benzene rings is 4. The fourth-order valence-electron chi connectivity index (χ4n) is 11.3. The van der Waals surface area contributed by atoms with Crippen LogP contribution < -0.4 is 0 Å². The third-order valence-electron chi connectivity index (χ3n) is 14.6. The molecule has 3 aliphatic rings. The number of carbonyl (C=O) groups is 4. The van der Waals surface area contributed by atoms with E-state index in [-0.39, 0.29) is 31.8 Å². The number of hydrogen-bond acceptors (Lipinski definition) is 11. The second-order valence-corrected chi connectivity index (χ2v) is 24.3. The van der Waals surface area contributed by atoms with Crippen LogP contribution in [0, 0.1) is 0 Å². The monoisotopic (exact) mass is 1070 g/mol. The number of nitrogens with one attached hydrogen (secondary N) is 1. The summed E-state index contributed by atoms with van der Waals surface area (Å²) in [6, 6.07) is 27.8. The Labute approximate surface area is 453 Å². The van der Waals surface area contributed by atoms with Gasteiger partial charge < -0.3 is 38.3 Å². The lowest BCUT2D eigenvalue weighted by Gasteiger charge is -2.31. The first kappa shape index (κ1) is 56.6. The normalized spacial score (nSPS) is 15.6. The van der Waals surface area contributed by atoms with Crippen LogP contribution in [-0.2, 0) is 52.9 Å². The lowest BCUT2D eigenvalue weighted by Crippen LogP contribution is -2.39. The van der Waals surface area contributed by atoms with E-state index in [1.165, 1.54) is 79.9 Å². The van der Waals surface area contributed by atoms with Gasteiger partial charge in [0.1, 0.15) is 11.2 Å². The molecule has 9 rings (SSSR count). The highest BCUT2D eigenvalue weighted by atomic mass is 32.2. The molecule has 3 heterocycles. The smallest absolute Gasteiger partial charge is 0.410 e. The second-order valence-electron chi connectivity index (χ2n) is 22.6. The van der Waals surface area contributed by atoms with E-state index < -0.39 is 33.4 Å². The Morgan fingerprint density at radius 3 is 1.86 bits per heavy atom. The maximum absolute atomic E-state index is 13.2. The van der Waals surface area contributed by atoms with Crippen molar-refractivity contribution < 1.29 is 50.7 Å². The number of nitrogens with zero attached hydrogens (tertiary/aromatic N) is 3. The van der Waals surface area contributed by atoms with Crippen LogP contribution in [0.25, 0.3) is 44.3 Å². The number of esters is 2. The molecule has 0 saturated heterocycles. The van der Waals surface area contributed by atoms with Gasteiger partial charge in [-0.15, -0.1) is 0 Å². The molecule has 77 heavy (non-hydrogen) atoms. The van der Waals surface area contributed by atoms with Crippen LogP contribution in [0.3, 0.4) is 0 Å². The van der Waals surface area contributed by atoms with Gasteiger partial charge in [0.05, 0.1) is 49.6 Å². The average Bonchev–Trinajstić information content (AvgIpc) is 4.00. The average molecular weight is 1070 g/mol. The molecule has 16 heteroatoms. The predicted octanol–water partition coefficient (Wildman–Crippen LogP) is 13.3. The number of hydrogen-bond donors (Lipinski definition) is 1. The van der Waals surface area contributed by atoms with Crippen LogP contribution in [0.4, 0.5) is 9.59 Å². The van der Waals surface area contributed by atoms with Crippen molar-refractivity contribution in [2.75, 3.05) is 40.2 Å². The second kappa shape index (κ2) is 23.9. The summed E-state index contributed by atoms with van der Waals surface area (Å²) in [7, 11) is -0.883. The first-order valence-electron chi connectivity index (χ1n) is 27.1. The van der Waals surface area contributed by atoms with Gasteiger partial charge in [0.25, 0.3) is 10.1 Å². The number of carbonyl (C=O) groups excluding carboxylic acids is 4. The van der Waals surface area contributed by atoms with E-state index in [2.05, 4.69) is 33.8 Å². The van der Waals surface area contributed by atoms with Gasteiger partial charge in [0.2, 0.25) is 0 Å². The van der Waals surface area contributed by atoms with Crippen molar-refractivity contribution in [2.24, 2.45) is 0 Å². The molecule has 6 aromatic rings. The van der Waals surface area contributed by atoms with E-state index in [1.54, 1.807) is 31.7 Å². The summed E-state index contributed by atoms with van der Waals surface area (Å²) in [5, 5.41) is 2.27. The lowest BCUT2D eigenvalue weighted by atomic mass is 9.81. The van der Waals surface area contributed by atoms with E-state index in [1.807, 2.05) is 75.4 Å². The molecule has 0 atom stereocenters. The minimum absolute atomic E-state index is 0.0288. The van der Waals surface area contributed by atoms with Crippen LogP contribution in [0.5, 0.6) is 0 Å². The Bertz CT molecular complexity index is 3220. The summed E-state index contributed by atoms with van der Waals surface area (Å²) < 4.78 is 51.8. The van der Waals surface area contributed by atoms with Gasteiger partial charge in [-0.1, -0.05) is 99.2 Å². The summed E-state index contributed by atoms with van der Waals surface area (Å²) in [4.78, 5) is 57.9. The van der Waals surface area contributed by atoms with Crippen LogP contribution in [0.2, 0.25) is 0 Å². The Morgan fingerprint density at radius 2 is 1.25 bits per heavy atom. The topological polar surface area (TPSA) is 176 Å². The molecular formula is C61H76N4O11S. The molecule has 2 saturated carbocycles. The number of methoxy groups -OCH3 is 2. The molecule has 0 unspecified atom stereocenters. The number of ether oxygens (including phenoxy) is 4. The van der Waals surface area contributed by atoms with Gasteiger partial charge in [0.15, 0.2) is 0 Å². The predicted molar refractivity (Wildman–Crippen MR) is 300 cm³/mol. The van der Waals surface area contributed by atoms with Crippen molar-refractivity contribution in [3.05, 3.63) is 118 Å². The van der Waals surface area contributed by atoms with Crippen molar-refractivity contribution in [3.8, 4) is 22.5 Å². The number of fused-ring (bicyclic) bond motifs is 6. The Balaban J connectivity index is 0.000000205. The maximum atomic E-state index is 13.2. The van der Waals surface area contributed by atoms with Crippen LogP contribution in [0.1, 0.15) is 161 Å². The quantitative estimate of drug-likeness (QED) is 0.0742. The minimum atomic E-state index is -3.67. The zero-order chi connectivity index (χ0) is 55.2. The van der Waals surface area contributed by atoms with Gasteiger partial charge >= 0.3 is 24.1 Å². The third-order valence-corrected chi connectivity index (χ3v) is 15.2. The largest absolute Gasteiger partial charge is 0.465 e. The Morgan fingerprint density at radius 1 is 0.675 bits per heavy atom. The molecule has 2 amide bonds. The van der Waals surface area contributed by atoms with Crippen LogP contribution in [0.15, 0.2) is 84.9 Å². The first-order chi connectivity index (χ1) is 36.6. The summed E-state index contributed by atoms with van der Waals surface area (Å²) in [6.07, 6.45) is 11.9. The van der Waals surface area contributed by atoms with Crippen molar-refractivity contribution >= 4 is 56.0 Å². The van der Waals surface area contributed by atoms with Crippen molar-refractivity contribution in [3.63, 3.8) is 0 Å². The third kappa shape index (κ3) is 13.7. The molecule has 1 aliphatic heterocycles. The highest BCUT2D eigenvalue weighted by Gasteiger charge is 2.33. The molecule has 2 aromatic heterocycles.